The number of hydrogen-bond acceptors (Lipinski definition) is 5. The summed E-state index contributed by atoms with van der Waals surface area (Å²) in [5.41, 5.74) is 6.22. The summed E-state index contributed by atoms with van der Waals surface area (Å²) in [6.07, 6.45) is 0. The van der Waals surface area contributed by atoms with E-state index in [1.807, 2.05) is 56.3 Å². The van der Waals surface area contributed by atoms with Gasteiger partial charge >= 0.3 is 0 Å². The molecule has 168 valence electrons. The van der Waals surface area contributed by atoms with Crippen molar-refractivity contribution in [2.75, 3.05) is 20.2 Å². The van der Waals surface area contributed by atoms with Gasteiger partial charge < -0.3 is 4.74 Å². The fraction of sp³-hybridized carbons (Fsp3) is 0.217. The molecular weight excluding hydrogens is 430 g/mol. The summed E-state index contributed by atoms with van der Waals surface area (Å²) in [6, 6.07) is 17.8. The molecule has 3 aromatic rings. The van der Waals surface area contributed by atoms with Crippen LogP contribution in [0, 0.1) is 13.8 Å². The second-order valence-corrected chi connectivity index (χ2v) is 9.42. The lowest BCUT2D eigenvalue weighted by atomic mass is 10.1. The van der Waals surface area contributed by atoms with E-state index in [1.165, 1.54) is 13.1 Å². The Morgan fingerprint density at radius 1 is 0.875 bits per heavy atom. The Morgan fingerprint density at radius 3 is 2.19 bits per heavy atom. The third kappa shape index (κ3) is 5.43. The number of hydrogen-bond donors (Lipinski definition) is 2. The van der Waals surface area contributed by atoms with Crippen LogP contribution in [0.3, 0.4) is 0 Å². The number of nitrogens with one attached hydrogen (secondary N) is 2. The van der Waals surface area contributed by atoms with Crippen LogP contribution >= 0.6 is 0 Å². The first-order chi connectivity index (χ1) is 15.2. The average molecular weight is 456 g/mol. The summed E-state index contributed by atoms with van der Waals surface area (Å²) < 4.78 is 32.1. The van der Waals surface area contributed by atoms with E-state index < -0.39 is 28.4 Å². The number of rotatable bonds is 7. The summed E-state index contributed by atoms with van der Waals surface area (Å²) in [4.78, 5) is 24.2. The van der Waals surface area contributed by atoms with Gasteiger partial charge in [-0.25, -0.2) is 8.42 Å². The van der Waals surface area contributed by atoms with Gasteiger partial charge in [-0.2, -0.15) is 4.31 Å². The first kappa shape index (κ1) is 23.2. The molecule has 0 heterocycles. The summed E-state index contributed by atoms with van der Waals surface area (Å²) in [6.45, 7) is 2.98. The second-order valence-electron chi connectivity index (χ2n) is 7.38. The van der Waals surface area contributed by atoms with Gasteiger partial charge in [-0.15, -0.1) is 0 Å². The Balaban J connectivity index is 1.53. The molecule has 32 heavy (non-hydrogen) atoms. The summed E-state index contributed by atoms with van der Waals surface area (Å²) in [7, 11) is -2.58. The molecule has 0 fully saturated rings. The predicted octanol–water partition coefficient (Wildman–Crippen LogP) is 2.30. The molecule has 0 saturated heterocycles. The van der Waals surface area contributed by atoms with Crippen LogP contribution in [-0.2, 0) is 19.6 Å². The third-order valence-corrected chi connectivity index (χ3v) is 6.69. The predicted molar refractivity (Wildman–Crippen MR) is 121 cm³/mol. The van der Waals surface area contributed by atoms with Crippen LogP contribution < -0.4 is 15.6 Å². The minimum Gasteiger partial charge on any atom is -0.483 e. The number of ether oxygens (including phenoxy) is 1. The zero-order chi connectivity index (χ0) is 23.3. The molecule has 0 unspecified atom stereocenters. The molecule has 8 nitrogen and oxygen atoms in total. The maximum absolute atomic E-state index is 12.8. The number of amides is 2. The quantitative estimate of drug-likeness (QED) is 0.532. The lowest BCUT2D eigenvalue weighted by Gasteiger charge is -2.17. The fourth-order valence-electron chi connectivity index (χ4n) is 3.17. The summed E-state index contributed by atoms with van der Waals surface area (Å²) >= 11 is 0. The number of hydrazine groups is 1. The van der Waals surface area contributed by atoms with Gasteiger partial charge in [0.25, 0.3) is 11.8 Å². The van der Waals surface area contributed by atoms with Crippen molar-refractivity contribution in [2.45, 2.75) is 18.7 Å². The van der Waals surface area contributed by atoms with Gasteiger partial charge in [-0.3, -0.25) is 20.4 Å². The van der Waals surface area contributed by atoms with Crippen LogP contribution in [0.2, 0.25) is 0 Å². The molecule has 0 aliphatic heterocycles. The van der Waals surface area contributed by atoms with Crippen LogP contribution in [0.15, 0.2) is 65.6 Å². The number of benzene rings is 3. The summed E-state index contributed by atoms with van der Waals surface area (Å²) in [5, 5.41) is 1.69. The number of nitrogens with zero attached hydrogens (tertiary/aromatic N) is 1. The molecule has 0 aliphatic carbocycles. The molecule has 0 atom stereocenters. The van der Waals surface area contributed by atoms with Gasteiger partial charge in [0.05, 0.1) is 11.4 Å². The van der Waals surface area contributed by atoms with E-state index in [9.17, 15) is 18.0 Å². The van der Waals surface area contributed by atoms with Crippen LogP contribution in [0.1, 0.15) is 11.1 Å². The lowest BCUT2D eigenvalue weighted by molar-refractivity contribution is -0.130. The number of sulfonamides is 1. The van der Waals surface area contributed by atoms with E-state index in [4.69, 9.17) is 4.74 Å². The van der Waals surface area contributed by atoms with Crippen molar-refractivity contribution < 1.29 is 22.7 Å². The number of carbonyl (C=O) groups excluding carboxylic acids is 2. The molecule has 9 heteroatoms. The van der Waals surface area contributed by atoms with Crippen molar-refractivity contribution in [1.29, 1.82) is 0 Å². The fourth-order valence-corrected chi connectivity index (χ4v) is 4.34. The molecule has 3 aromatic carbocycles. The SMILES string of the molecule is Cc1cccc(C)c1OCC(=O)NNC(=O)CN(C)S(=O)(=O)c1ccc2ccccc2c1. The molecule has 0 bridgehead atoms. The van der Waals surface area contributed by atoms with Crippen molar-refractivity contribution >= 4 is 32.6 Å². The Hall–Kier alpha value is -3.43. The van der Waals surface area contributed by atoms with Crippen LogP contribution in [-0.4, -0.2) is 44.7 Å². The van der Waals surface area contributed by atoms with Crippen LogP contribution in [0.25, 0.3) is 10.8 Å². The van der Waals surface area contributed by atoms with Crippen molar-refractivity contribution in [3.8, 4) is 5.75 Å². The van der Waals surface area contributed by atoms with E-state index in [1.54, 1.807) is 12.1 Å². The standard InChI is InChI=1S/C23H25N3O5S/c1-16-7-6-8-17(2)23(16)31-15-22(28)25-24-21(27)14-26(3)32(29,30)20-12-11-18-9-4-5-10-19(18)13-20/h4-13H,14-15H2,1-3H3,(H,24,27)(H,25,28). The first-order valence-electron chi connectivity index (χ1n) is 9.90. The average Bonchev–Trinajstić information content (AvgIpc) is 2.77. The molecule has 2 amide bonds. The first-order valence-corrected chi connectivity index (χ1v) is 11.3. The van der Waals surface area contributed by atoms with Gasteiger partial charge in [0.15, 0.2) is 6.61 Å². The molecule has 0 aromatic heterocycles. The maximum Gasteiger partial charge on any atom is 0.276 e. The Morgan fingerprint density at radius 2 is 1.50 bits per heavy atom. The third-order valence-electron chi connectivity index (χ3n) is 4.89. The Labute approximate surface area is 187 Å². The van der Waals surface area contributed by atoms with E-state index in [0.29, 0.717) is 5.75 Å². The monoisotopic (exact) mass is 455 g/mol. The minimum atomic E-state index is -3.88. The Bertz CT molecular complexity index is 1240. The normalized spacial score (nSPS) is 11.4. The van der Waals surface area contributed by atoms with Crippen molar-refractivity contribution in [1.82, 2.24) is 15.2 Å². The highest BCUT2D eigenvalue weighted by atomic mass is 32.2. The smallest absolute Gasteiger partial charge is 0.276 e. The molecule has 3 rings (SSSR count). The van der Waals surface area contributed by atoms with E-state index >= 15 is 0 Å². The molecule has 0 aliphatic rings. The van der Waals surface area contributed by atoms with Crippen molar-refractivity contribution in [3.63, 3.8) is 0 Å². The molecule has 0 saturated carbocycles. The zero-order valence-electron chi connectivity index (χ0n) is 18.1. The zero-order valence-corrected chi connectivity index (χ0v) is 18.9. The number of para-hydroxylation sites is 1. The van der Waals surface area contributed by atoms with Crippen LogP contribution in [0.4, 0.5) is 0 Å². The molecule has 2 N–H and O–H groups in total. The van der Waals surface area contributed by atoms with E-state index in [2.05, 4.69) is 10.9 Å². The highest BCUT2D eigenvalue weighted by Crippen LogP contribution is 2.22. The molecule has 0 spiro atoms. The Kier molecular flexibility index (Phi) is 7.12. The van der Waals surface area contributed by atoms with Gasteiger partial charge in [-0.05, 0) is 47.9 Å². The van der Waals surface area contributed by atoms with E-state index in [-0.39, 0.29) is 11.5 Å². The second kappa shape index (κ2) is 9.80. The highest BCUT2D eigenvalue weighted by molar-refractivity contribution is 7.89. The van der Waals surface area contributed by atoms with Gasteiger partial charge in [0.2, 0.25) is 10.0 Å². The number of fused-ring (bicyclic) bond motifs is 1. The maximum atomic E-state index is 12.8. The minimum absolute atomic E-state index is 0.0811. The van der Waals surface area contributed by atoms with Crippen molar-refractivity contribution in [3.05, 3.63) is 71.8 Å². The largest absolute Gasteiger partial charge is 0.483 e. The molecule has 0 radical (unpaired) electrons. The van der Waals surface area contributed by atoms with Gasteiger partial charge in [0, 0.05) is 7.05 Å². The number of carbonyl (C=O) groups is 2. The van der Waals surface area contributed by atoms with Crippen molar-refractivity contribution in [2.24, 2.45) is 0 Å². The number of likely N-dealkylation sites (N-methyl/N-ethyl adjacent to an activating group) is 1. The lowest BCUT2D eigenvalue weighted by Crippen LogP contribution is -2.48. The highest BCUT2D eigenvalue weighted by Gasteiger charge is 2.23. The number of aryl methyl sites for hydroxylation is 2. The van der Waals surface area contributed by atoms with Gasteiger partial charge in [0.1, 0.15) is 5.75 Å². The topological polar surface area (TPSA) is 105 Å². The van der Waals surface area contributed by atoms with Gasteiger partial charge in [-0.1, -0.05) is 48.5 Å². The molecular formula is C23H25N3O5S. The van der Waals surface area contributed by atoms with E-state index in [0.717, 1.165) is 26.2 Å². The van der Waals surface area contributed by atoms with Crippen LogP contribution in [0.5, 0.6) is 5.75 Å². The summed E-state index contributed by atoms with van der Waals surface area (Å²) in [5.74, 6) is -0.645.